The highest BCUT2D eigenvalue weighted by atomic mass is 35.5. The zero-order valence-electron chi connectivity index (χ0n) is 17.6. The minimum Gasteiger partial charge on any atom is -0.376 e. The maximum atomic E-state index is 14.9. The second-order valence-electron chi connectivity index (χ2n) is 7.83. The summed E-state index contributed by atoms with van der Waals surface area (Å²) in [5.41, 5.74) is 1.29. The molecule has 0 radical (unpaired) electrons. The minimum atomic E-state index is -4.37. The van der Waals surface area contributed by atoms with Crippen LogP contribution >= 0.6 is 11.6 Å². The Labute approximate surface area is 196 Å². The molecule has 3 aromatic rings. The van der Waals surface area contributed by atoms with E-state index in [1.54, 1.807) is 0 Å². The molecule has 10 heteroatoms. The largest absolute Gasteiger partial charge is 0.376 e. The number of halogens is 3. The van der Waals surface area contributed by atoms with Gasteiger partial charge in [0.25, 0.3) is 10.0 Å². The SMILES string of the molecule is O=S(=O)(Nc1cccc(F)n1)c1cc(Cl)c(NC(CN2CCCC2)c2ccccc2)cc1F. The molecule has 1 fully saturated rings. The van der Waals surface area contributed by atoms with E-state index in [0.29, 0.717) is 6.54 Å². The van der Waals surface area contributed by atoms with Gasteiger partial charge >= 0.3 is 0 Å². The molecule has 33 heavy (non-hydrogen) atoms. The van der Waals surface area contributed by atoms with Crippen LogP contribution in [0.2, 0.25) is 5.02 Å². The van der Waals surface area contributed by atoms with Crippen LogP contribution in [-0.4, -0.2) is 37.9 Å². The lowest BCUT2D eigenvalue weighted by atomic mass is 10.1. The Bertz CT molecular complexity index is 1220. The van der Waals surface area contributed by atoms with Gasteiger partial charge < -0.3 is 10.2 Å². The number of benzene rings is 2. The van der Waals surface area contributed by atoms with E-state index < -0.39 is 26.7 Å². The summed E-state index contributed by atoms with van der Waals surface area (Å²) >= 11 is 6.37. The molecule has 1 atom stereocenters. The highest BCUT2D eigenvalue weighted by molar-refractivity contribution is 7.92. The summed E-state index contributed by atoms with van der Waals surface area (Å²) in [7, 11) is -4.37. The quantitative estimate of drug-likeness (QED) is 0.430. The highest BCUT2D eigenvalue weighted by Gasteiger charge is 2.24. The highest BCUT2D eigenvalue weighted by Crippen LogP contribution is 2.32. The molecule has 2 heterocycles. The van der Waals surface area contributed by atoms with Crippen LogP contribution in [-0.2, 0) is 10.0 Å². The molecule has 1 aliphatic heterocycles. The van der Waals surface area contributed by atoms with E-state index in [1.165, 1.54) is 12.1 Å². The number of hydrogen-bond acceptors (Lipinski definition) is 5. The number of rotatable bonds is 8. The third-order valence-corrected chi connectivity index (χ3v) is 7.12. The van der Waals surface area contributed by atoms with Crippen LogP contribution in [0.4, 0.5) is 20.3 Å². The van der Waals surface area contributed by atoms with E-state index in [1.807, 2.05) is 30.3 Å². The fourth-order valence-corrected chi connectivity index (χ4v) is 5.20. The molecule has 174 valence electrons. The molecule has 1 saturated heterocycles. The lowest BCUT2D eigenvalue weighted by Crippen LogP contribution is -2.29. The van der Waals surface area contributed by atoms with Crippen LogP contribution in [0.3, 0.4) is 0 Å². The average Bonchev–Trinajstić information content (AvgIpc) is 3.29. The molecule has 0 bridgehead atoms. The smallest absolute Gasteiger partial charge is 0.266 e. The zero-order chi connectivity index (χ0) is 23.4. The van der Waals surface area contributed by atoms with Gasteiger partial charge in [-0.2, -0.15) is 4.39 Å². The molecule has 0 aliphatic carbocycles. The molecular weight excluding hydrogens is 470 g/mol. The summed E-state index contributed by atoms with van der Waals surface area (Å²) in [6, 6.07) is 15.3. The number of anilines is 2. The number of aromatic nitrogens is 1. The van der Waals surface area contributed by atoms with E-state index in [0.717, 1.165) is 49.7 Å². The third kappa shape index (κ3) is 5.79. The molecule has 0 saturated carbocycles. The van der Waals surface area contributed by atoms with Crippen molar-refractivity contribution in [3.8, 4) is 0 Å². The zero-order valence-corrected chi connectivity index (χ0v) is 19.2. The van der Waals surface area contributed by atoms with Gasteiger partial charge in [0.1, 0.15) is 16.5 Å². The Morgan fingerprint density at radius 2 is 1.76 bits per heavy atom. The first-order valence-electron chi connectivity index (χ1n) is 10.5. The molecule has 2 aromatic carbocycles. The first kappa shape index (κ1) is 23.4. The van der Waals surface area contributed by atoms with Crippen molar-refractivity contribution >= 4 is 33.1 Å². The van der Waals surface area contributed by atoms with Gasteiger partial charge in [0, 0.05) is 6.54 Å². The van der Waals surface area contributed by atoms with Gasteiger partial charge in [-0.1, -0.05) is 48.0 Å². The van der Waals surface area contributed by atoms with Crippen LogP contribution in [0.25, 0.3) is 0 Å². The Kier molecular flexibility index (Phi) is 7.11. The van der Waals surface area contributed by atoms with Crippen LogP contribution in [0.1, 0.15) is 24.4 Å². The van der Waals surface area contributed by atoms with Crippen LogP contribution in [0.5, 0.6) is 0 Å². The number of sulfonamides is 1. The summed E-state index contributed by atoms with van der Waals surface area (Å²) in [5.74, 6) is -2.11. The maximum absolute atomic E-state index is 14.9. The first-order chi connectivity index (χ1) is 15.8. The van der Waals surface area contributed by atoms with Crippen molar-refractivity contribution in [3.05, 3.63) is 83.0 Å². The van der Waals surface area contributed by atoms with E-state index in [4.69, 9.17) is 11.6 Å². The molecule has 2 N–H and O–H groups in total. The van der Waals surface area contributed by atoms with Crippen LogP contribution in [0, 0.1) is 11.8 Å². The lowest BCUT2D eigenvalue weighted by Gasteiger charge is -2.26. The van der Waals surface area contributed by atoms with Gasteiger partial charge in [0.05, 0.1) is 16.8 Å². The second kappa shape index (κ2) is 10.0. The van der Waals surface area contributed by atoms with Crippen molar-refractivity contribution in [1.29, 1.82) is 0 Å². The van der Waals surface area contributed by atoms with Gasteiger partial charge in [0.2, 0.25) is 5.95 Å². The van der Waals surface area contributed by atoms with Crippen molar-refractivity contribution in [2.45, 2.75) is 23.8 Å². The van der Waals surface area contributed by atoms with Gasteiger partial charge in [-0.25, -0.2) is 17.8 Å². The van der Waals surface area contributed by atoms with Gasteiger partial charge in [-0.3, -0.25) is 4.72 Å². The summed E-state index contributed by atoms with van der Waals surface area (Å²) in [4.78, 5) is 5.12. The molecular formula is C23H23ClF2N4O2S. The lowest BCUT2D eigenvalue weighted by molar-refractivity contribution is 0.323. The maximum Gasteiger partial charge on any atom is 0.266 e. The predicted octanol–water partition coefficient (Wildman–Crippen LogP) is 5.06. The Balaban J connectivity index is 1.60. The minimum absolute atomic E-state index is 0.0475. The number of pyridine rings is 1. The van der Waals surface area contributed by atoms with E-state index in [9.17, 15) is 17.2 Å². The van der Waals surface area contributed by atoms with Gasteiger partial charge in [-0.05, 0) is 55.8 Å². The van der Waals surface area contributed by atoms with Gasteiger partial charge in [-0.15, -0.1) is 0 Å². The normalized spacial score (nSPS) is 15.4. The Hall–Kier alpha value is -2.75. The monoisotopic (exact) mass is 492 g/mol. The average molecular weight is 493 g/mol. The standard InChI is InChI=1S/C23H23ClF2N4O2S/c24-17-13-21(33(31,32)29-23-10-6-9-22(26)28-23)18(25)14-19(17)27-20(15-30-11-4-5-12-30)16-7-2-1-3-8-16/h1-3,6-10,13-14,20,27H,4-5,11-12,15H2,(H,28,29). The van der Waals surface area contributed by atoms with Crippen molar-refractivity contribution in [3.63, 3.8) is 0 Å². The summed E-state index contributed by atoms with van der Waals surface area (Å²) in [6.45, 7) is 2.68. The van der Waals surface area contributed by atoms with Gasteiger partial charge in [0.15, 0.2) is 0 Å². The van der Waals surface area contributed by atoms with Crippen molar-refractivity contribution in [2.75, 3.05) is 29.7 Å². The van der Waals surface area contributed by atoms with E-state index in [-0.39, 0.29) is 22.6 Å². The summed E-state index contributed by atoms with van der Waals surface area (Å²) < 4.78 is 55.7. The topological polar surface area (TPSA) is 74.3 Å². The molecule has 0 amide bonds. The fourth-order valence-electron chi connectivity index (χ4n) is 3.83. The fraction of sp³-hybridized carbons (Fsp3) is 0.261. The van der Waals surface area contributed by atoms with Crippen LogP contribution in [0.15, 0.2) is 65.6 Å². The number of nitrogens with one attached hydrogen (secondary N) is 2. The predicted molar refractivity (Wildman–Crippen MR) is 125 cm³/mol. The Morgan fingerprint density at radius 1 is 1.03 bits per heavy atom. The van der Waals surface area contributed by atoms with Crippen molar-refractivity contribution < 1.29 is 17.2 Å². The number of likely N-dealkylation sites (tertiary alicyclic amines) is 1. The molecule has 6 nitrogen and oxygen atoms in total. The van der Waals surface area contributed by atoms with Crippen molar-refractivity contribution in [1.82, 2.24) is 9.88 Å². The first-order valence-corrected chi connectivity index (χ1v) is 12.4. The number of nitrogens with zero attached hydrogens (tertiary/aromatic N) is 2. The van der Waals surface area contributed by atoms with E-state index in [2.05, 4.69) is 19.9 Å². The molecule has 1 unspecified atom stereocenters. The molecule has 0 spiro atoms. The van der Waals surface area contributed by atoms with Crippen molar-refractivity contribution in [2.24, 2.45) is 0 Å². The molecule has 4 rings (SSSR count). The third-order valence-electron chi connectivity index (χ3n) is 5.44. The van der Waals surface area contributed by atoms with Crippen LogP contribution < -0.4 is 10.0 Å². The molecule has 1 aromatic heterocycles. The number of hydrogen-bond donors (Lipinski definition) is 2. The Morgan fingerprint density at radius 3 is 2.45 bits per heavy atom. The summed E-state index contributed by atoms with van der Waals surface area (Å²) in [6.07, 6.45) is 2.27. The van der Waals surface area contributed by atoms with E-state index >= 15 is 0 Å². The molecule has 1 aliphatic rings. The summed E-state index contributed by atoms with van der Waals surface area (Å²) in [5, 5.41) is 3.32. The second-order valence-corrected chi connectivity index (χ2v) is 9.89.